The molecular formula is C55H67F2NO9. The predicted octanol–water partition coefficient (Wildman–Crippen LogP) is 10.4. The van der Waals surface area contributed by atoms with Crippen LogP contribution in [0.15, 0.2) is 140 Å². The second-order valence-corrected chi connectivity index (χ2v) is 17.3. The smallest absolute Gasteiger partial charge is 0.220 e. The zero-order valence-corrected chi connectivity index (χ0v) is 38.5. The van der Waals surface area contributed by atoms with E-state index in [2.05, 4.69) is 17.4 Å². The Kier molecular flexibility index (Phi) is 21.7. The van der Waals surface area contributed by atoms with Crippen molar-refractivity contribution in [1.29, 1.82) is 0 Å². The lowest BCUT2D eigenvalue weighted by molar-refractivity contribution is -0.313. The third kappa shape index (κ3) is 17.8. The Morgan fingerprint density at radius 1 is 0.627 bits per heavy atom. The van der Waals surface area contributed by atoms with E-state index in [1.807, 2.05) is 103 Å². The second-order valence-electron chi connectivity index (χ2n) is 17.3. The minimum atomic E-state index is -1.66. The highest BCUT2D eigenvalue weighted by Crippen LogP contribution is 2.31. The van der Waals surface area contributed by atoms with Crippen molar-refractivity contribution >= 4 is 5.91 Å². The first-order valence-electron chi connectivity index (χ1n) is 23.7. The van der Waals surface area contributed by atoms with Crippen molar-refractivity contribution < 1.29 is 52.2 Å². The largest absolute Gasteiger partial charge is 0.457 e. The highest BCUT2D eigenvalue weighted by atomic mass is 19.1. The van der Waals surface area contributed by atoms with Crippen LogP contribution in [0.2, 0.25) is 0 Å². The van der Waals surface area contributed by atoms with Crippen LogP contribution in [0, 0.1) is 5.82 Å². The lowest BCUT2D eigenvalue weighted by atomic mass is 9.99. The number of alkyl halides is 1. The molecule has 8 atom stereocenters. The Labute approximate surface area is 394 Å². The van der Waals surface area contributed by atoms with Gasteiger partial charge in [-0.2, -0.15) is 0 Å². The number of nitrogens with one attached hydrogen (secondary N) is 1. The summed E-state index contributed by atoms with van der Waals surface area (Å²) in [6.45, 7) is 1.55. The van der Waals surface area contributed by atoms with Crippen LogP contribution in [0.3, 0.4) is 0 Å². The molecule has 1 aliphatic rings. The summed E-state index contributed by atoms with van der Waals surface area (Å²) in [5.74, 6) is 0.748. The maximum Gasteiger partial charge on any atom is 0.220 e. The summed E-state index contributed by atoms with van der Waals surface area (Å²) >= 11 is 0. The Hall–Kier alpha value is -5.05. The molecule has 1 fully saturated rings. The molecule has 0 spiro atoms. The SMILES string of the molecule is C[C@@H](O)[C@@H](O)[C@H](CO[C@H]1OC(COCc2ccccc2)[C@@H](F)[C@H](OCc2ccccc2)C1OCc1ccccc1)NC(=O)CCCCCCCCCCc1ccc(Oc2ccc(F)cc2)cc1. The van der Waals surface area contributed by atoms with Gasteiger partial charge in [-0.3, -0.25) is 4.79 Å². The maximum absolute atomic E-state index is 16.7. The number of aliphatic hydroxyl groups is 2. The van der Waals surface area contributed by atoms with Crippen LogP contribution in [0.5, 0.6) is 11.5 Å². The van der Waals surface area contributed by atoms with E-state index in [0.29, 0.717) is 12.2 Å². The van der Waals surface area contributed by atoms with Gasteiger partial charge in [0.05, 0.1) is 45.2 Å². The van der Waals surface area contributed by atoms with Gasteiger partial charge < -0.3 is 44.0 Å². The number of hydrogen-bond acceptors (Lipinski definition) is 9. The molecule has 1 saturated heterocycles. The van der Waals surface area contributed by atoms with Crippen LogP contribution in [-0.2, 0) is 54.7 Å². The predicted molar refractivity (Wildman–Crippen MR) is 253 cm³/mol. The van der Waals surface area contributed by atoms with Crippen molar-refractivity contribution in [1.82, 2.24) is 5.32 Å². The van der Waals surface area contributed by atoms with Gasteiger partial charge in [-0.1, -0.05) is 142 Å². The fourth-order valence-electron chi connectivity index (χ4n) is 7.98. The molecule has 5 aromatic carbocycles. The van der Waals surface area contributed by atoms with Crippen LogP contribution in [0.25, 0.3) is 0 Å². The molecule has 0 aromatic heterocycles. The standard InChI is InChI=1S/C55H67F2NO9/c1-40(59)52(61)48(58-50(60)26-18-7-5-3-2-4-6-11-19-41-27-31-46(32-28-41)66-47-33-29-45(56)30-34-47)38-65-55-54(64-37-44-24-16-10-17-25-44)53(63-36-43-22-14-9-15-23-43)51(57)49(67-55)39-62-35-42-20-12-8-13-21-42/h8-10,12-17,20-25,27-34,40,48-49,51-55,59,61H,2-7,11,18-19,26,35-39H2,1H3,(H,58,60)/t40-,48+,49?,51-,52-,53+,54?,55+/m1/s1. The van der Waals surface area contributed by atoms with Gasteiger partial charge in [0.25, 0.3) is 0 Å². The molecule has 0 aliphatic carbocycles. The minimum absolute atomic E-state index is 0.1000. The summed E-state index contributed by atoms with van der Waals surface area (Å²) in [6.07, 6.45) is 0.702. The van der Waals surface area contributed by atoms with Gasteiger partial charge in [0.15, 0.2) is 12.5 Å². The number of rotatable bonds is 29. The van der Waals surface area contributed by atoms with Crippen molar-refractivity contribution in [2.75, 3.05) is 13.2 Å². The summed E-state index contributed by atoms with van der Waals surface area (Å²) < 4.78 is 66.9. The Morgan fingerprint density at radius 2 is 1.13 bits per heavy atom. The highest BCUT2D eigenvalue weighted by Gasteiger charge is 2.49. The quantitative estimate of drug-likeness (QED) is 0.0402. The van der Waals surface area contributed by atoms with Gasteiger partial charge in [0.1, 0.15) is 41.7 Å². The van der Waals surface area contributed by atoms with Gasteiger partial charge in [0.2, 0.25) is 5.91 Å². The van der Waals surface area contributed by atoms with Crippen LogP contribution in [-0.4, -0.2) is 78.4 Å². The molecule has 0 saturated carbocycles. The van der Waals surface area contributed by atoms with Gasteiger partial charge in [0, 0.05) is 6.42 Å². The summed E-state index contributed by atoms with van der Waals surface area (Å²) in [6, 6.07) is 41.5. The van der Waals surface area contributed by atoms with Crippen LogP contribution < -0.4 is 10.1 Å². The first-order chi connectivity index (χ1) is 32.7. The Morgan fingerprint density at radius 3 is 1.70 bits per heavy atom. The van der Waals surface area contributed by atoms with Crippen molar-refractivity contribution in [3.63, 3.8) is 0 Å². The highest BCUT2D eigenvalue weighted by molar-refractivity contribution is 5.76. The fourth-order valence-corrected chi connectivity index (χ4v) is 7.98. The molecule has 2 unspecified atom stereocenters. The number of benzene rings is 5. The lowest BCUT2D eigenvalue weighted by Gasteiger charge is -2.43. The summed E-state index contributed by atoms with van der Waals surface area (Å²) in [5.41, 5.74) is 3.88. The molecule has 12 heteroatoms. The van der Waals surface area contributed by atoms with Crippen LogP contribution >= 0.6 is 0 Å². The van der Waals surface area contributed by atoms with Gasteiger partial charge in [-0.15, -0.1) is 0 Å². The number of carbonyl (C=O) groups excluding carboxylic acids is 1. The molecule has 6 rings (SSSR count). The number of halogens is 2. The van der Waals surface area contributed by atoms with Crippen molar-refractivity contribution in [2.24, 2.45) is 0 Å². The van der Waals surface area contributed by atoms with E-state index >= 15 is 4.39 Å². The summed E-state index contributed by atoms with van der Waals surface area (Å²) in [5, 5.41) is 24.4. The molecule has 5 aromatic rings. The number of aryl methyl sites for hydroxylation is 1. The van der Waals surface area contributed by atoms with Crippen LogP contribution in [0.1, 0.15) is 87.0 Å². The van der Waals surface area contributed by atoms with E-state index in [4.69, 9.17) is 28.4 Å². The van der Waals surface area contributed by atoms with E-state index < -0.39 is 49.0 Å². The lowest BCUT2D eigenvalue weighted by Crippen LogP contribution is -2.60. The van der Waals surface area contributed by atoms with E-state index in [1.54, 1.807) is 12.1 Å². The van der Waals surface area contributed by atoms with Crippen molar-refractivity contribution in [3.05, 3.63) is 168 Å². The van der Waals surface area contributed by atoms with Crippen LogP contribution in [0.4, 0.5) is 8.78 Å². The monoisotopic (exact) mass is 923 g/mol. The Balaban J connectivity index is 0.969. The Bertz CT molecular complexity index is 2100. The number of carbonyl (C=O) groups is 1. The summed E-state index contributed by atoms with van der Waals surface area (Å²) in [4.78, 5) is 13.3. The fraction of sp³-hybridized carbons (Fsp3) is 0.436. The first kappa shape index (κ1) is 51.3. The molecule has 1 amide bonds. The van der Waals surface area contributed by atoms with E-state index in [-0.39, 0.29) is 51.2 Å². The molecule has 67 heavy (non-hydrogen) atoms. The molecular weight excluding hydrogens is 857 g/mol. The molecule has 10 nitrogen and oxygen atoms in total. The topological polar surface area (TPSA) is 125 Å². The molecule has 1 aliphatic heterocycles. The molecule has 0 radical (unpaired) electrons. The third-order valence-electron chi connectivity index (χ3n) is 11.8. The number of aliphatic hydroxyl groups excluding tert-OH is 2. The van der Waals surface area contributed by atoms with E-state index in [0.717, 1.165) is 73.8 Å². The first-order valence-corrected chi connectivity index (χ1v) is 23.7. The second kappa shape index (κ2) is 28.3. The van der Waals surface area contributed by atoms with Gasteiger partial charge >= 0.3 is 0 Å². The average Bonchev–Trinajstić information content (AvgIpc) is 3.35. The van der Waals surface area contributed by atoms with E-state index in [9.17, 15) is 19.4 Å². The molecule has 0 bridgehead atoms. The number of amides is 1. The number of ether oxygens (including phenoxy) is 6. The molecule has 3 N–H and O–H groups in total. The molecule has 1 heterocycles. The number of unbranched alkanes of at least 4 members (excludes halogenated alkanes) is 7. The van der Waals surface area contributed by atoms with Gasteiger partial charge in [-0.05, 0) is 84.8 Å². The van der Waals surface area contributed by atoms with Gasteiger partial charge in [-0.25, -0.2) is 8.78 Å². The maximum atomic E-state index is 16.7. The zero-order chi connectivity index (χ0) is 47.1. The number of hydrogen-bond donors (Lipinski definition) is 3. The van der Waals surface area contributed by atoms with Crippen molar-refractivity contribution in [2.45, 2.75) is 140 Å². The third-order valence-corrected chi connectivity index (χ3v) is 11.8. The average molecular weight is 924 g/mol. The molecule has 360 valence electrons. The summed E-state index contributed by atoms with van der Waals surface area (Å²) in [7, 11) is 0. The minimum Gasteiger partial charge on any atom is -0.457 e. The normalized spacial score (nSPS) is 19.6. The van der Waals surface area contributed by atoms with E-state index in [1.165, 1.54) is 24.6 Å². The van der Waals surface area contributed by atoms with Crippen molar-refractivity contribution in [3.8, 4) is 11.5 Å². The zero-order valence-electron chi connectivity index (χ0n) is 38.5.